The van der Waals surface area contributed by atoms with Gasteiger partial charge in [0.05, 0.1) is 20.5 Å². The summed E-state index contributed by atoms with van der Waals surface area (Å²) in [6, 6.07) is 7.44. The third kappa shape index (κ3) is 5.19. The second kappa shape index (κ2) is 8.52. The number of benzene rings is 1. The number of hydrogen-bond donors (Lipinski definition) is 0. The molecular formula is C18H17F3N2O4. The standard InChI is InChI=1S/C18H17F3N2O4/c1-11-22-15(18(19,20)21)8-16(23-11)27-9-12-6-4-5-7-13(12)14(10-25-2)17(24)26-3/h4-8,10H,9H2,1-3H3/b14-10+. The van der Waals surface area contributed by atoms with Crippen molar-refractivity contribution < 1.29 is 32.2 Å². The highest BCUT2D eigenvalue weighted by molar-refractivity contribution is 6.16. The van der Waals surface area contributed by atoms with E-state index in [4.69, 9.17) is 14.2 Å². The van der Waals surface area contributed by atoms with Crippen molar-refractivity contribution >= 4 is 11.5 Å². The summed E-state index contributed by atoms with van der Waals surface area (Å²) >= 11 is 0. The van der Waals surface area contributed by atoms with Gasteiger partial charge in [-0.2, -0.15) is 18.2 Å². The van der Waals surface area contributed by atoms with Crippen molar-refractivity contribution in [1.29, 1.82) is 0 Å². The first-order valence-corrected chi connectivity index (χ1v) is 7.71. The zero-order chi connectivity index (χ0) is 20.0. The summed E-state index contributed by atoms with van der Waals surface area (Å²) < 4.78 is 53.7. The van der Waals surface area contributed by atoms with Gasteiger partial charge in [0.25, 0.3) is 0 Å². The van der Waals surface area contributed by atoms with E-state index in [9.17, 15) is 18.0 Å². The molecule has 9 heteroatoms. The molecule has 0 amide bonds. The summed E-state index contributed by atoms with van der Waals surface area (Å²) in [7, 11) is 2.61. The van der Waals surface area contributed by atoms with Crippen LogP contribution in [0, 0.1) is 6.92 Å². The molecule has 1 aromatic carbocycles. The van der Waals surface area contributed by atoms with Crippen molar-refractivity contribution in [2.75, 3.05) is 14.2 Å². The van der Waals surface area contributed by atoms with Crippen LogP contribution in [-0.2, 0) is 27.1 Å². The molecule has 2 rings (SSSR count). The Morgan fingerprint density at radius 1 is 1.19 bits per heavy atom. The quantitative estimate of drug-likeness (QED) is 0.432. The van der Waals surface area contributed by atoms with E-state index in [2.05, 4.69) is 9.97 Å². The van der Waals surface area contributed by atoms with Gasteiger partial charge in [-0.25, -0.2) is 9.78 Å². The first-order valence-electron chi connectivity index (χ1n) is 7.71. The molecule has 27 heavy (non-hydrogen) atoms. The van der Waals surface area contributed by atoms with Gasteiger partial charge >= 0.3 is 12.1 Å². The molecular weight excluding hydrogens is 365 g/mol. The number of aryl methyl sites for hydroxylation is 1. The smallest absolute Gasteiger partial charge is 0.433 e. The van der Waals surface area contributed by atoms with Gasteiger partial charge in [-0.3, -0.25) is 0 Å². The van der Waals surface area contributed by atoms with Crippen LogP contribution in [0.3, 0.4) is 0 Å². The summed E-state index contributed by atoms with van der Waals surface area (Å²) in [6.07, 6.45) is -3.38. The zero-order valence-electron chi connectivity index (χ0n) is 14.8. The molecule has 0 atom stereocenters. The van der Waals surface area contributed by atoms with E-state index in [1.165, 1.54) is 27.4 Å². The molecule has 1 aromatic heterocycles. The van der Waals surface area contributed by atoms with E-state index in [1.807, 2.05) is 0 Å². The van der Waals surface area contributed by atoms with Gasteiger partial charge in [0, 0.05) is 6.07 Å². The average molecular weight is 382 g/mol. The normalized spacial score (nSPS) is 11.9. The van der Waals surface area contributed by atoms with Crippen molar-refractivity contribution in [3.8, 4) is 5.88 Å². The van der Waals surface area contributed by atoms with Crippen molar-refractivity contribution in [2.45, 2.75) is 19.7 Å². The van der Waals surface area contributed by atoms with Crippen LogP contribution >= 0.6 is 0 Å². The van der Waals surface area contributed by atoms with Gasteiger partial charge in [0.1, 0.15) is 18.0 Å². The highest BCUT2D eigenvalue weighted by atomic mass is 19.4. The van der Waals surface area contributed by atoms with Gasteiger partial charge in [-0.05, 0) is 18.1 Å². The maximum absolute atomic E-state index is 12.9. The molecule has 0 saturated carbocycles. The van der Waals surface area contributed by atoms with Gasteiger partial charge in [0.15, 0.2) is 5.69 Å². The van der Waals surface area contributed by atoms with E-state index in [-0.39, 0.29) is 23.9 Å². The molecule has 0 bridgehead atoms. The number of nitrogens with zero attached hydrogens (tertiary/aromatic N) is 2. The van der Waals surface area contributed by atoms with E-state index >= 15 is 0 Å². The lowest BCUT2D eigenvalue weighted by Crippen LogP contribution is -2.12. The highest BCUT2D eigenvalue weighted by Gasteiger charge is 2.33. The Kier molecular flexibility index (Phi) is 6.38. The van der Waals surface area contributed by atoms with E-state index in [1.54, 1.807) is 24.3 Å². The third-order valence-corrected chi connectivity index (χ3v) is 3.43. The van der Waals surface area contributed by atoms with E-state index in [0.717, 1.165) is 6.07 Å². The number of halogens is 3. The van der Waals surface area contributed by atoms with Crippen LogP contribution in [0.1, 0.15) is 22.6 Å². The zero-order valence-corrected chi connectivity index (χ0v) is 14.8. The van der Waals surface area contributed by atoms with Gasteiger partial charge < -0.3 is 14.2 Å². The fourth-order valence-corrected chi connectivity index (χ4v) is 2.27. The average Bonchev–Trinajstić information content (AvgIpc) is 2.63. The van der Waals surface area contributed by atoms with Crippen molar-refractivity contribution in [3.63, 3.8) is 0 Å². The van der Waals surface area contributed by atoms with E-state index < -0.39 is 17.8 Å². The number of rotatable bonds is 6. The molecule has 2 aromatic rings. The van der Waals surface area contributed by atoms with Crippen LogP contribution < -0.4 is 4.74 Å². The number of alkyl halides is 3. The number of carbonyl (C=O) groups is 1. The Hall–Kier alpha value is -3.10. The Labute approximate surface area is 153 Å². The van der Waals surface area contributed by atoms with Gasteiger partial charge in [-0.1, -0.05) is 24.3 Å². The minimum atomic E-state index is -4.61. The Morgan fingerprint density at radius 3 is 2.52 bits per heavy atom. The second-order valence-electron chi connectivity index (χ2n) is 5.34. The minimum Gasteiger partial charge on any atom is -0.503 e. The Bertz CT molecular complexity index is 851. The topological polar surface area (TPSA) is 70.5 Å². The number of aromatic nitrogens is 2. The Balaban J connectivity index is 2.31. The second-order valence-corrected chi connectivity index (χ2v) is 5.34. The van der Waals surface area contributed by atoms with Gasteiger partial charge in [-0.15, -0.1) is 0 Å². The number of esters is 1. The predicted octanol–water partition coefficient (Wildman–Crippen LogP) is 3.54. The molecule has 6 nitrogen and oxygen atoms in total. The third-order valence-electron chi connectivity index (χ3n) is 3.43. The molecule has 0 unspecified atom stereocenters. The number of hydrogen-bond acceptors (Lipinski definition) is 6. The molecule has 144 valence electrons. The molecule has 0 N–H and O–H groups in total. The van der Waals surface area contributed by atoms with Crippen LogP contribution in [0.2, 0.25) is 0 Å². The number of ether oxygens (including phenoxy) is 3. The number of carbonyl (C=O) groups excluding carboxylic acids is 1. The fourth-order valence-electron chi connectivity index (χ4n) is 2.27. The van der Waals surface area contributed by atoms with Crippen LogP contribution in [0.25, 0.3) is 5.57 Å². The highest BCUT2D eigenvalue weighted by Crippen LogP contribution is 2.30. The lowest BCUT2D eigenvalue weighted by molar-refractivity contribution is -0.141. The molecule has 0 saturated heterocycles. The number of methoxy groups -OCH3 is 2. The largest absolute Gasteiger partial charge is 0.503 e. The molecule has 1 heterocycles. The summed E-state index contributed by atoms with van der Waals surface area (Å²) in [6.45, 7) is 1.22. The summed E-state index contributed by atoms with van der Waals surface area (Å²) in [5, 5.41) is 0. The van der Waals surface area contributed by atoms with Crippen LogP contribution in [0.4, 0.5) is 13.2 Å². The fraction of sp³-hybridized carbons (Fsp3) is 0.278. The SMILES string of the molecule is CO/C=C(/C(=O)OC)c1ccccc1COc1cc(C(F)(F)F)nc(C)n1. The van der Waals surface area contributed by atoms with Crippen LogP contribution in [0.15, 0.2) is 36.6 Å². The molecule has 0 aliphatic carbocycles. The molecule has 0 aliphatic rings. The monoisotopic (exact) mass is 382 g/mol. The van der Waals surface area contributed by atoms with Crippen molar-refractivity contribution in [2.24, 2.45) is 0 Å². The molecule has 0 spiro atoms. The van der Waals surface area contributed by atoms with Gasteiger partial charge in [0.2, 0.25) is 5.88 Å². The summed E-state index contributed by atoms with van der Waals surface area (Å²) in [4.78, 5) is 19.2. The summed E-state index contributed by atoms with van der Waals surface area (Å²) in [5.41, 5.74) is 0.0610. The predicted molar refractivity (Wildman–Crippen MR) is 89.5 cm³/mol. The Morgan fingerprint density at radius 2 is 1.89 bits per heavy atom. The minimum absolute atomic E-state index is 0.0670. The maximum Gasteiger partial charge on any atom is 0.433 e. The van der Waals surface area contributed by atoms with Crippen molar-refractivity contribution in [1.82, 2.24) is 9.97 Å². The van der Waals surface area contributed by atoms with Crippen LogP contribution in [0.5, 0.6) is 5.88 Å². The lowest BCUT2D eigenvalue weighted by atomic mass is 10.0. The first-order chi connectivity index (χ1) is 12.8. The summed E-state index contributed by atoms with van der Waals surface area (Å²) in [5.74, 6) is -0.913. The maximum atomic E-state index is 12.9. The first kappa shape index (κ1) is 20.2. The van der Waals surface area contributed by atoms with E-state index in [0.29, 0.717) is 11.1 Å². The lowest BCUT2D eigenvalue weighted by Gasteiger charge is -2.13. The molecule has 0 radical (unpaired) electrons. The molecule has 0 aliphatic heterocycles. The van der Waals surface area contributed by atoms with Crippen LogP contribution in [-0.4, -0.2) is 30.2 Å². The molecule has 0 fully saturated rings. The van der Waals surface area contributed by atoms with Crippen molar-refractivity contribution in [3.05, 3.63) is 59.2 Å².